The lowest BCUT2D eigenvalue weighted by Gasteiger charge is -2.22. The van der Waals surface area contributed by atoms with E-state index < -0.39 is 22.5 Å². The first kappa shape index (κ1) is 20.7. The van der Waals surface area contributed by atoms with Crippen LogP contribution < -0.4 is 5.32 Å². The summed E-state index contributed by atoms with van der Waals surface area (Å²) in [5.74, 6) is -1.07. The highest BCUT2D eigenvalue weighted by Crippen LogP contribution is 2.28. The largest absolute Gasteiger partial charge is 0.455 e. The molecule has 0 unspecified atom stereocenters. The zero-order valence-electron chi connectivity index (χ0n) is 14.8. The first-order valence-electron chi connectivity index (χ1n) is 8.55. The van der Waals surface area contributed by atoms with Crippen molar-refractivity contribution in [2.24, 2.45) is 5.92 Å². The Labute approximate surface area is 158 Å². The summed E-state index contributed by atoms with van der Waals surface area (Å²) in [6, 6.07) is 4.11. The van der Waals surface area contributed by atoms with Crippen LogP contribution >= 0.6 is 11.6 Å². The molecule has 0 aliphatic heterocycles. The van der Waals surface area contributed by atoms with Crippen molar-refractivity contribution in [3.8, 4) is 0 Å². The summed E-state index contributed by atoms with van der Waals surface area (Å²) in [5.41, 5.74) is 0.157. The van der Waals surface area contributed by atoms with Crippen molar-refractivity contribution in [2.75, 3.05) is 25.0 Å². The Balaban J connectivity index is 2.07. The van der Waals surface area contributed by atoms with E-state index in [0.717, 1.165) is 19.3 Å². The van der Waals surface area contributed by atoms with Crippen molar-refractivity contribution in [3.05, 3.63) is 23.2 Å². The lowest BCUT2D eigenvalue weighted by Crippen LogP contribution is -2.30. The molecule has 0 spiro atoms. The number of anilines is 1. The van der Waals surface area contributed by atoms with Gasteiger partial charge in [-0.3, -0.25) is 9.59 Å². The van der Waals surface area contributed by atoms with E-state index in [2.05, 4.69) is 5.32 Å². The number of halogens is 1. The van der Waals surface area contributed by atoms with E-state index in [1.165, 1.54) is 22.5 Å². The maximum atomic E-state index is 12.6. The summed E-state index contributed by atoms with van der Waals surface area (Å²) in [5, 5.41) is 2.69. The Hall–Kier alpha value is -1.64. The Morgan fingerprint density at radius 1 is 1.27 bits per heavy atom. The Kier molecular flexibility index (Phi) is 7.02. The van der Waals surface area contributed by atoms with Crippen LogP contribution in [0.15, 0.2) is 23.1 Å². The molecule has 1 aliphatic carbocycles. The number of ether oxygens (including phenoxy) is 1. The Bertz CT molecular complexity index is 773. The van der Waals surface area contributed by atoms with Crippen LogP contribution in [-0.2, 0) is 24.3 Å². The summed E-state index contributed by atoms with van der Waals surface area (Å²) < 4.78 is 31.4. The topological polar surface area (TPSA) is 92.8 Å². The maximum absolute atomic E-state index is 12.6. The van der Waals surface area contributed by atoms with E-state index >= 15 is 0 Å². The van der Waals surface area contributed by atoms with Crippen molar-refractivity contribution in [1.29, 1.82) is 0 Å². The molecule has 1 aromatic rings. The van der Waals surface area contributed by atoms with Gasteiger partial charge in [-0.25, -0.2) is 8.42 Å². The zero-order chi connectivity index (χ0) is 19.3. The number of benzene rings is 1. The highest BCUT2D eigenvalue weighted by atomic mass is 35.5. The number of hydrogen-bond acceptors (Lipinski definition) is 5. The Morgan fingerprint density at radius 3 is 2.46 bits per heavy atom. The summed E-state index contributed by atoms with van der Waals surface area (Å²) >= 11 is 6.05. The van der Waals surface area contributed by atoms with E-state index in [1.54, 1.807) is 13.8 Å². The van der Waals surface area contributed by atoms with Crippen LogP contribution in [-0.4, -0.2) is 44.3 Å². The first-order valence-corrected chi connectivity index (χ1v) is 10.4. The summed E-state index contributed by atoms with van der Waals surface area (Å²) in [6.45, 7) is 3.73. The number of nitrogens with one attached hydrogen (secondary N) is 1. The molecule has 0 heterocycles. The maximum Gasteiger partial charge on any atom is 0.309 e. The van der Waals surface area contributed by atoms with Gasteiger partial charge in [0.15, 0.2) is 6.61 Å². The summed E-state index contributed by atoms with van der Waals surface area (Å²) in [4.78, 5) is 23.7. The number of esters is 1. The van der Waals surface area contributed by atoms with E-state index in [9.17, 15) is 18.0 Å². The third kappa shape index (κ3) is 4.75. The van der Waals surface area contributed by atoms with Gasteiger partial charge in [0.2, 0.25) is 10.0 Å². The zero-order valence-corrected chi connectivity index (χ0v) is 16.4. The fraction of sp³-hybridized carbons (Fsp3) is 0.529. The van der Waals surface area contributed by atoms with Gasteiger partial charge in [-0.05, 0) is 31.0 Å². The predicted molar refractivity (Wildman–Crippen MR) is 98.5 cm³/mol. The molecule has 0 aromatic heterocycles. The second-order valence-corrected chi connectivity index (χ2v) is 8.36. The molecule has 0 saturated heterocycles. The van der Waals surface area contributed by atoms with Crippen LogP contribution in [0, 0.1) is 5.92 Å². The molecule has 0 bridgehead atoms. The lowest BCUT2D eigenvalue weighted by molar-refractivity contribution is -0.154. The van der Waals surface area contributed by atoms with E-state index in [4.69, 9.17) is 16.3 Å². The molecule has 144 valence electrons. The highest BCUT2D eigenvalue weighted by Gasteiger charge is 2.27. The molecule has 1 aliphatic rings. The fourth-order valence-electron chi connectivity index (χ4n) is 2.56. The third-order valence-electron chi connectivity index (χ3n) is 4.34. The van der Waals surface area contributed by atoms with Gasteiger partial charge in [-0.15, -0.1) is 0 Å². The van der Waals surface area contributed by atoms with Gasteiger partial charge >= 0.3 is 5.97 Å². The van der Waals surface area contributed by atoms with E-state index in [1.807, 2.05) is 0 Å². The number of hydrogen-bond donors (Lipinski definition) is 1. The van der Waals surface area contributed by atoms with Crippen LogP contribution in [0.5, 0.6) is 0 Å². The smallest absolute Gasteiger partial charge is 0.309 e. The standard InChI is InChI=1S/C17H23ClN2O5S/c1-3-20(4-2)26(23,24)13-8-9-14(18)15(10-13)19-16(21)11-25-17(22)12-6-5-7-12/h8-10,12H,3-7,11H2,1-2H3,(H,19,21). The molecule has 7 nitrogen and oxygen atoms in total. The molecule has 1 aromatic carbocycles. The molecule has 1 amide bonds. The van der Waals surface area contributed by atoms with Crippen LogP contribution in [0.4, 0.5) is 5.69 Å². The van der Waals surface area contributed by atoms with Crippen molar-refractivity contribution in [1.82, 2.24) is 4.31 Å². The van der Waals surface area contributed by atoms with Crippen molar-refractivity contribution >= 4 is 39.2 Å². The first-order chi connectivity index (χ1) is 12.3. The average molecular weight is 403 g/mol. The minimum atomic E-state index is -3.67. The van der Waals surface area contributed by atoms with E-state index in [0.29, 0.717) is 13.1 Å². The second-order valence-electron chi connectivity index (χ2n) is 6.01. The molecule has 1 N–H and O–H groups in total. The molecular weight excluding hydrogens is 380 g/mol. The molecule has 0 radical (unpaired) electrons. The summed E-state index contributed by atoms with van der Waals surface area (Å²) in [6.07, 6.45) is 2.57. The SMILES string of the molecule is CCN(CC)S(=O)(=O)c1ccc(Cl)c(NC(=O)COC(=O)C2CCC2)c1. The number of nitrogens with zero attached hydrogens (tertiary/aromatic N) is 1. The average Bonchev–Trinajstić information content (AvgIpc) is 2.54. The van der Waals surface area contributed by atoms with Crippen LogP contribution in [0.2, 0.25) is 5.02 Å². The molecule has 26 heavy (non-hydrogen) atoms. The minimum Gasteiger partial charge on any atom is -0.455 e. The molecule has 2 rings (SSSR count). The molecule has 9 heteroatoms. The van der Waals surface area contributed by atoms with Crippen molar-refractivity contribution in [3.63, 3.8) is 0 Å². The van der Waals surface area contributed by atoms with Gasteiger partial charge in [0, 0.05) is 13.1 Å². The van der Waals surface area contributed by atoms with Gasteiger partial charge in [-0.1, -0.05) is 31.9 Å². The van der Waals surface area contributed by atoms with E-state index in [-0.39, 0.29) is 27.5 Å². The molecular formula is C17H23ClN2O5S. The van der Waals surface area contributed by atoms with Crippen molar-refractivity contribution < 1.29 is 22.7 Å². The quantitative estimate of drug-likeness (QED) is 0.675. The van der Waals surface area contributed by atoms with Crippen molar-refractivity contribution in [2.45, 2.75) is 38.0 Å². The number of rotatable bonds is 8. The molecule has 1 saturated carbocycles. The molecule has 0 atom stereocenters. The fourth-order valence-corrected chi connectivity index (χ4v) is 4.21. The van der Waals surface area contributed by atoms with Gasteiger partial charge in [-0.2, -0.15) is 4.31 Å². The number of carbonyl (C=O) groups excluding carboxylic acids is 2. The minimum absolute atomic E-state index is 0.0346. The highest BCUT2D eigenvalue weighted by molar-refractivity contribution is 7.89. The monoisotopic (exact) mass is 402 g/mol. The van der Waals surface area contributed by atoms with Crippen LogP contribution in [0.1, 0.15) is 33.1 Å². The number of sulfonamides is 1. The van der Waals surface area contributed by atoms with Gasteiger partial charge in [0.1, 0.15) is 0 Å². The third-order valence-corrected chi connectivity index (χ3v) is 6.71. The Morgan fingerprint density at radius 2 is 1.92 bits per heavy atom. The normalized spacial score (nSPS) is 14.8. The van der Waals surface area contributed by atoms with Gasteiger partial charge < -0.3 is 10.1 Å². The van der Waals surface area contributed by atoms with Crippen LogP contribution in [0.25, 0.3) is 0 Å². The second kappa shape index (κ2) is 8.83. The van der Waals surface area contributed by atoms with Gasteiger partial charge in [0.25, 0.3) is 5.91 Å². The predicted octanol–water partition coefficient (Wildman–Crippen LogP) is 2.65. The van der Waals surface area contributed by atoms with Crippen LogP contribution in [0.3, 0.4) is 0 Å². The number of amides is 1. The lowest BCUT2D eigenvalue weighted by atomic mass is 9.86. The summed E-state index contributed by atoms with van der Waals surface area (Å²) in [7, 11) is -3.67. The number of carbonyl (C=O) groups is 2. The van der Waals surface area contributed by atoms with Gasteiger partial charge in [0.05, 0.1) is 21.5 Å². The molecule has 1 fully saturated rings.